The first-order valence-corrected chi connectivity index (χ1v) is 8.58. The predicted octanol–water partition coefficient (Wildman–Crippen LogP) is 2.16. The SMILES string of the molecule is Cc1nc([C@H]2CCCN(C(=O)c3cccc(N(C)C)c3)C2)cc(=O)[nH]1. The van der Waals surface area contributed by atoms with Crippen LogP contribution in [0.25, 0.3) is 0 Å². The van der Waals surface area contributed by atoms with Gasteiger partial charge in [-0.3, -0.25) is 9.59 Å². The average molecular weight is 340 g/mol. The molecule has 3 rings (SSSR count). The van der Waals surface area contributed by atoms with E-state index in [4.69, 9.17) is 0 Å². The second kappa shape index (κ2) is 7.09. The van der Waals surface area contributed by atoms with Gasteiger partial charge in [0, 0.05) is 50.4 Å². The molecule has 6 nitrogen and oxygen atoms in total. The van der Waals surface area contributed by atoms with Crippen molar-refractivity contribution in [2.75, 3.05) is 32.1 Å². The number of hydrogen-bond acceptors (Lipinski definition) is 4. The summed E-state index contributed by atoms with van der Waals surface area (Å²) in [6, 6.07) is 9.22. The number of H-pyrrole nitrogens is 1. The summed E-state index contributed by atoms with van der Waals surface area (Å²) in [5, 5.41) is 0. The number of aromatic amines is 1. The quantitative estimate of drug-likeness (QED) is 0.930. The van der Waals surface area contributed by atoms with E-state index >= 15 is 0 Å². The number of hydrogen-bond donors (Lipinski definition) is 1. The topological polar surface area (TPSA) is 69.3 Å². The summed E-state index contributed by atoms with van der Waals surface area (Å²) >= 11 is 0. The molecule has 1 aliphatic rings. The molecule has 1 fully saturated rings. The molecule has 25 heavy (non-hydrogen) atoms. The van der Waals surface area contributed by atoms with E-state index in [2.05, 4.69) is 9.97 Å². The molecule has 0 spiro atoms. The smallest absolute Gasteiger partial charge is 0.253 e. The maximum atomic E-state index is 12.9. The van der Waals surface area contributed by atoms with Crippen LogP contribution in [0.3, 0.4) is 0 Å². The molecule has 1 aromatic carbocycles. The zero-order valence-electron chi connectivity index (χ0n) is 15.0. The minimum Gasteiger partial charge on any atom is -0.378 e. The molecular weight excluding hydrogens is 316 g/mol. The zero-order valence-corrected chi connectivity index (χ0v) is 15.0. The lowest BCUT2D eigenvalue weighted by molar-refractivity contribution is 0.0706. The lowest BCUT2D eigenvalue weighted by Crippen LogP contribution is -2.39. The van der Waals surface area contributed by atoms with Crippen molar-refractivity contribution in [3.8, 4) is 0 Å². The van der Waals surface area contributed by atoms with Crippen LogP contribution >= 0.6 is 0 Å². The van der Waals surface area contributed by atoms with E-state index in [0.717, 1.165) is 30.8 Å². The molecule has 1 N–H and O–H groups in total. The Morgan fingerprint density at radius 2 is 2.12 bits per heavy atom. The first kappa shape index (κ1) is 17.2. The molecule has 0 radical (unpaired) electrons. The summed E-state index contributed by atoms with van der Waals surface area (Å²) in [7, 11) is 3.92. The molecule has 2 heterocycles. The van der Waals surface area contributed by atoms with E-state index in [1.54, 1.807) is 13.0 Å². The summed E-state index contributed by atoms with van der Waals surface area (Å²) in [5.74, 6) is 0.760. The van der Waals surface area contributed by atoms with Crippen LogP contribution in [-0.2, 0) is 0 Å². The van der Waals surface area contributed by atoms with E-state index in [9.17, 15) is 9.59 Å². The second-order valence-electron chi connectivity index (χ2n) is 6.79. The summed E-state index contributed by atoms with van der Waals surface area (Å²) in [6.45, 7) is 3.12. The Balaban J connectivity index is 1.80. The Kier molecular flexibility index (Phi) is 4.88. The lowest BCUT2D eigenvalue weighted by atomic mass is 9.94. The van der Waals surface area contributed by atoms with E-state index in [0.29, 0.717) is 17.9 Å². The maximum Gasteiger partial charge on any atom is 0.253 e. The molecule has 0 aliphatic carbocycles. The van der Waals surface area contributed by atoms with Crippen LogP contribution in [0.5, 0.6) is 0 Å². The number of carbonyl (C=O) groups excluding carboxylic acids is 1. The van der Waals surface area contributed by atoms with E-state index in [-0.39, 0.29) is 17.4 Å². The van der Waals surface area contributed by atoms with Gasteiger partial charge in [0.1, 0.15) is 5.82 Å². The number of rotatable bonds is 3. The number of nitrogens with one attached hydrogen (secondary N) is 1. The number of nitrogens with zero attached hydrogens (tertiary/aromatic N) is 3. The maximum absolute atomic E-state index is 12.9. The van der Waals surface area contributed by atoms with Gasteiger partial charge in [-0.2, -0.15) is 0 Å². The van der Waals surface area contributed by atoms with Crippen molar-refractivity contribution >= 4 is 11.6 Å². The fraction of sp³-hybridized carbons (Fsp3) is 0.421. The number of anilines is 1. The Bertz CT molecular complexity index is 828. The molecule has 1 amide bonds. The fourth-order valence-corrected chi connectivity index (χ4v) is 3.31. The Labute approximate surface area is 147 Å². The van der Waals surface area contributed by atoms with Gasteiger partial charge in [0.15, 0.2) is 0 Å². The van der Waals surface area contributed by atoms with Gasteiger partial charge in [-0.25, -0.2) is 4.98 Å². The first-order valence-electron chi connectivity index (χ1n) is 8.58. The lowest BCUT2D eigenvalue weighted by Gasteiger charge is -2.32. The monoisotopic (exact) mass is 340 g/mol. The van der Waals surface area contributed by atoms with Crippen LogP contribution in [0.2, 0.25) is 0 Å². The number of aromatic nitrogens is 2. The largest absolute Gasteiger partial charge is 0.378 e. The third-order valence-electron chi connectivity index (χ3n) is 4.62. The minimum absolute atomic E-state index is 0.0370. The number of carbonyl (C=O) groups is 1. The predicted molar refractivity (Wildman–Crippen MR) is 98.2 cm³/mol. The highest BCUT2D eigenvalue weighted by molar-refractivity contribution is 5.95. The van der Waals surface area contributed by atoms with Gasteiger partial charge in [0.2, 0.25) is 0 Å². The molecule has 1 atom stereocenters. The number of aryl methyl sites for hydroxylation is 1. The molecule has 1 aromatic heterocycles. The Morgan fingerprint density at radius 3 is 2.84 bits per heavy atom. The highest BCUT2D eigenvalue weighted by Crippen LogP contribution is 2.26. The molecule has 1 saturated heterocycles. The first-order chi connectivity index (χ1) is 11.9. The molecule has 0 unspecified atom stereocenters. The number of amides is 1. The van der Waals surface area contributed by atoms with Crippen LogP contribution in [0, 0.1) is 6.92 Å². The normalized spacial score (nSPS) is 17.4. The summed E-state index contributed by atoms with van der Waals surface area (Å²) in [6.07, 6.45) is 1.86. The van der Waals surface area contributed by atoms with E-state index < -0.39 is 0 Å². The third-order valence-corrected chi connectivity index (χ3v) is 4.62. The third kappa shape index (κ3) is 3.90. The van der Waals surface area contributed by atoms with Crippen LogP contribution in [0.15, 0.2) is 35.1 Å². The molecule has 132 valence electrons. The van der Waals surface area contributed by atoms with Crippen molar-refractivity contribution in [3.05, 3.63) is 57.8 Å². The van der Waals surface area contributed by atoms with Crippen molar-refractivity contribution in [2.24, 2.45) is 0 Å². The van der Waals surface area contributed by atoms with Crippen LogP contribution < -0.4 is 10.5 Å². The van der Waals surface area contributed by atoms with Crippen molar-refractivity contribution in [1.82, 2.24) is 14.9 Å². The highest BCUT2D eigenvalue weighted by atomic mass is 16.2. The second-order valence-corrected chi connectivity index (χ2v) is 6.79. The van der Waals surface area contributed by atoms with Crippen LogP contribution in [-0.4, -0.2) is 48.0 Å². The van der Waals surface area contributed by atoms with Gasteiger partial charge in [0.25, 0.3) is 11.5 Å². The summed E-state index contributed by atoms with van der Waals surface area (Å²) in [5.41, 5.74) is 2.35. The van der Waals surface area contributed by atoms with Gasteiger partial charge < -0.3 is 14.8 Å². The standard InChI is InChI=1S/C19H24N4O2/c1-13-20-17(11-18(24)21-13)15-7-5-9-23(12-15)19(25)14-6-4-8-16(10-14)22(2)3/h4,6,8,10-11,15H,5,7,9,12H2,1-3H3,(H,20,21,24)/t15-/m0/s1. The van der Waals surface area contributed by atoms with E-state index in [1.807, 2.05) is 48.2 Å². The van der Waals surface area contributed by atoms with E-state index in [1.165, 1.54) is 0 Å². The van der Waals surface area contributed by atoms with Crippen molar-refractivity contribution < 1.29 is 4.79 Å². The van der Waals surface area contributed by atoms with Crippen molar-refractivity contribution in [3.63, 3.8) is 0 Å². The molecular formula is C19H24N4O2. The number of likely N-dealkylation sites (tertiary alicyclic amines) is 1. The molecule has 6 heteroatoms. The average Bonchev–Trinajstić information content (AvgIpc) is 2.60. The number of piperidine rings is 1. The summed E-state index contributed by atoms with van der Waals surface area (Å²) in [4.78, 5) is 35.6. The van der Waals surface area contributed by atoms with Crippen LogP contribution in [0.4, 0.5) is 5.69 Å². The van der Waals surface area contributed by atoms with Gasteiger partial charge >= 0.3 is 0 Å². The Morgan fingerprint density at radius 1 is 1.32 bits per heavy atom. The van der Waals surface area contributed by atoms with Gasteiger partial charge in [0.05, 0.1) is 5.69 Å². The van der Waals surface area contributed by atoms with Gasteiger partial charge in [-0.15, -0.1) is 0 Å². The zero-order chi connectivity index (χ0) is 18.0. The number of benzene rings is 1. The molecule has 1 aliphatic heterocycles. The van der Waals surface area contributed by atoms with Crippen LogP contribution in [0.1, 0.15) is 40.6 Å². The highest BCUT2D eigenvalue weighted by Gasteiger charge is 2.26. The Hall–Kier alpha value is -2.63. The fourth-order valence-electron chi connectivity index (χ4n) is 3.31. The molecule has 2 aromatic rings. The summed E-state index contributed by atoms with van der Waals surface area (Å²) < 4.78 is 0. The van der Waals surface area contributed by atoms with Gasteiger partial charge in [-0.1, -0.05) is 6.07 Å². The van der Waals surface area contributed by atoms with Gasteiger partial charge in [-0.05, 0) is 38.0 Å². The molecule has 0 bridgehead atoms. The molecule has 0 saturated carbocycles. The van der Waals surface area contributed by atoms with Crippen molar-refractivity contribution in [1.29, 1.82) is 0 Å². The minimum atomic E-state index is -0.135. The van der Waals surface area contributed by atoms with Crippen molar-refractivity contribution in [2.45, 2.75) is 25.7 Å².